The highest BCUT2D eigenvalue weighted by Gasteiger charge is 2.28. The summed E-state index contributed by atoms with van der Waals surface area (Å²) in [5.74, 6) is 1.30. The number of pyridine rings is 1. The zero-order valence-electron chi connectivity index (χ0n) is 11.3. The molecule has 0 radical (unpaired) electrons. The van der Waals surface area contributed by atoms with E-state index in [1.165, 1.54) is 18.6 Å². The zero-order chi connectivity index (χ0) is 12.8. The van der Waals surface area contributed by atoms with Gasteiger partial charge in [0.2, 0.25) is 0 Å². The number of hydrogen-bond donors (Lipinski definition) is 2. The third-order valence-corrected chi connectivity index (χ3v) is 4.82. The molecule has 2 N–H and O–H groups in total. The molecule has 1 aromatic rings. The molecule has 1 atom stereocenters. The molecule has 0 amide bonds. The molecule has 0 saturated carbocycles. The predicted octanol–water partition coefficient (Wildman–Crippen LogP) is 3.60. The van der Waals surface area contributed by atoms with Crippen molar-refractivity contribution in [2.45, 2.75) is 37.9 Å². The van der Waals surface area contributed by atoms with E-state index in [2.05, 4.69) is 47.3 Å². The van der Waals surface area contributed by atoms with Crippen molar-refractivity contribution in [3.63, 3.8) is 0 Å². The van der Waals surface area contributed by atoms with Crippen molar-refractivity contribution >= 4 is 23.1 Å². The number of aromatic nitrogens is 1. The van der Waals surface area contributed by atoms with Gasteiger partial charge in [-0.3, -0.25) is 4.98 Å². The van der Waals surface area contributed by atoms with Gasteiger partial charge in [0, 0.05) is 17.8 Å². The second-order valence-corrected chi connectivity index (χ2v) is 6.83. The second kappa shape index (κ2) is 6.32. The van der Waals surface area contributed by atoms with Crippen LogP contribution in [0.25, 0.3) is 0 Å². The molecule has 1 fully saturated rings. The van der Waals surface area contributed by atoms with Gasteiger partial charge < -0.3 is 10.6 Å². The van der Waals surface area contributed by atoms with Crippen LogP contribution in [0, 0.1) is 0 Å². The minimum atomic E-state index is 0.396. The summed E-state index contributed by atoms with van der Waals surface area (Å²) in [6.45, 7) is 6.54. The molecule has 0 aromatic carbocycles. The summed E-state index contributed by atoms with van der Waals surface area (Å²) in [6, 6.07) is 2.14. The van der Waals surface area contributed by atoms with Crippen molar-refractivity contribution in [3.05, 3.63) is 18.5 Å². The van der Waals surface area contributed by atoms with Gasteiger partial charge in [-0.1, -0.05) is 6.92 Å². The van der Waals surface area contributed by atoms with Crippen molar-refractivity contribution in [2.75, 3.05) is 29.5 Å². The summed E-state index contributed by atoms with van der Waals surface area (Å²) in [4.78, 5) is 4.27. The van der Waals surface area contributed by atoms with Crippen LogP contribution in [-0.2, 0) is 0 Å². The first-order valence-corrected chi connectivity index (χ1v) is 7.77. The van der Waals surface area contributed by atoms with E-state index in [9.17, 15) is 0 Å². The van der Waals surface area contributed by atoms with Crippen LogP contribution in [0.5, 0.6) is 0 Å². The highest BCUT2D eigenvalue weighted by atomic mass is 32.2. The lowest BCUT2D eigenvalue weighted by molar-refractivity contribution is 0.635. The standard InChI is InChI=1S/C14H23N3S/c1-3-6-16-12-8-13(10-15-9-12)17-11-14(2)5-4-7-18-14/h8-10,16-17H,3-7,11H2,1-2H3. The van der Waals surface area contributed by atoms with Crippen LogP contribution < -0.4 is 10.6 Å². The Kier molecular flexibility index (Phi) is 4.75. The number of anilines is 2. The van der Waals surface area contributed by atoms with E-state index < -0.39 is 0 Å². The van der Waals surface area contributed by atoms with Gasteiger partial charge >= 0.3 is 0 Å². The average Bonchev–Trinajstić information content (AvgIpc) is 2.82. The summed E-state index contributed by atoms with van der Waals surface area (Å²) in [5, 5.41) is 6.89. The largest absolute Gasteiger partial charge is 0.384 e. The fourth-order valence-corrected chi connectivity index (χ4v) is 3.41. The van der Waals surface area contributed by atoms with Gasteiger partial charge in [-0.2, -0.15) is 11.8 Å². The SMILES string of the molecule is CCCNc1cncc(NCC2(C)CCCS2)c1. The number of hydrogen-bond acceptors (Lipinski definition) is 4. The van der Waals surface area contributed by atoms with Crippen LogP contribution in [0.1, 0.15) is 33.1 Å². The molecule has 2 rings (SSSR count). The molecule has 3 nitrogen and oxygen atoms in total. The first kappa shape index (κ1) is 13.5. The Bertz CT molecular complexity index is 375. The molecule has 1 aliphatic heterocycles. The van der Waals surface area contributed by atoms with E-state index in [1.807, 2.05) is 12.4 Å². The predicted molar refractivity (Wildman–Crippen MR) is 81.6 cm³/mol. The molecule has 100 valence electrons. The van der Waals surface area contributed by atoms with E-state index >= 15 is 0 Å². The van der Waals surface area contributed by atoms with Crippen LogP contribution >= 0.6 is 11.8 Å². The highest BCUT2D eigenvalue weighted by molar-refractivity contribution is 8.00. The lowest BCUT2D eigenvalue weighted by Gasteiger charge is -2.23. The molecule has 1 saturated heterocycles. The first-order chi connectivity index (χ1) is 8.72. The maximum absolute atomic E-state index is 4.27. The molecule has 1 aliphatic rings. The molecule has 0 aliphatic carbocycles. The number of nitrogens with zero attached hydrogens (tertiary/aromatic N) is 1. The van der Waals surface area contributed by atoms with Crippen molar-refractivity contribution in [2.24, 2.45) is 0 Å². The Morgan fingerprint density at radius 2 is 2.11 bits per heavy atom. The monoisotopic (exact) mass is 265 g/mol. The minimum Gasteiger partial charge on any atom is -0.384 e. The molecular weight excluding hydrogens is 242 g/mol. The lowest BCUT2D eigenvalue weighted by atomic mass is 10.1. The molecule has 1 unspecified atom stereocenters. The Hall–Kier alpha value is -0.900. The fraction of sp³-hybridized carbons (Fsp3) is 0.643. The van der Waals surface area contributed by atoms with E-state index in [0.717, 1.165) is 30.9 Å². The number of rotatable bonds is 6. The maximum atomic E-state index is 4.27. The van der Waals surface area contributed by atoms with Crippen LogP contribution in [0.2, 0.25) is 0 Å². The molecule has 4 heteroatoms. The van der Waals surface area contributed by atoms with Crippen LogP contribution in [0.3, 0.4) is 0 Å². The number of nitrogens with one attached hydrogen (secondary N) is 2. The summed E-state index contributed by atoms with van der Waals surface area (Å²) < 4.78 is 0.396. The van der Waals surface area contributed by atoms with Gasteiger partial charge in [0.1, 0.15) is 0 Å². The Morgan fingerprint density at radius 1 is 1.33 bits per heavy atom. The normalized spacial score (nSPS) is 23.0. The van der Waals surface area contributed by atoms with Crippen molar-refractivity contribution in [1.29, 1.82) is 0 Å². The number of thioether (sulfide) groups is 1. The molecule has 18 heavy (non-hydrogen) atoms. The molecule has 1 aromatic heterocycles. The topological polar surface area (TPSA) is 37.0 Å². The van der Waals surface area contributed by atoms with E-state index in [1.54, 1.807) is 0 Å². The molecule has 0 bridgehead atoms. The lowest BCUT2D eigenvalue weighted by Crippen LogP contribution is -2.27. The molecule has 2 heterocycles. The van der Waals surface area contributed by atoms with Crippen LogP contribution in [0.15, 0.2) is 18.5 Å². The fourth-order valence-electron chi connectivity index (χ4n) is 2.17. The second-order valence-electron chi connectivity index (χ2n) is 5.14. The molecular formula is C14H23N3S. The summed E-state index contributed by atoms with van der Waals surface area (Å²) in [5.41, 5.74) is 2.22. The van der Waals surface area contributed by atoms with Gasteiger partial charge in [-0.05, 0) is 38.0 Å². The first-order valence-electron chi connectivity index (χ1n) is 6.79. The summed E-state index contributed by atoms with van der Waals surface area (Å²) in [7, 11) is 0. The maximum Gasteiger partial charge on any atom is 0.0547 e. The third kappa shape index (κ3) is 3.80. The van der Waals surface area contributed by atoms with Crippen LogP contribution in [0.4, 0.5) is 11.4 Å². The van der Waals surface area contributed by atoms with Crippen LogP contribution in [-0.4, -0.2) is 28.6 Å². The Morgan fingerprint density at radius 3 is 2.78 bits per heavy atom. The van der Waals surface area contributed by atoms with E-state index in [4.69, 9.17) is 0 Å². The molecule has 0 spiro atoms. The van der Waals surface area contributed by atoms with Gasteiger partial charge in [0.05, 0.1) is 23.8 Å². The van der Waals surface area contributed by atoms with Gasteiger partial charge in [0.15, 0.2) is 0 Å². The summed E-state index contributed by atoms with van der Waals surface area (Å²) in [6.07, 6.45) is 7.57. The summed E-state index contributed by atoms with van der Waals surface area (Å²) >= 11 is 2.08. The van der Waals surface area contributed by atoms with E-state index in [-0.39, 0.29) is 0 Å². The van der Waals surface area contributed by atoms with Gasteiger partial charge in [-0.25, -0.2) is 0 Å². The van der Waals surface area contributed by atoms with E-state index in [0.29, 0.717) is 4.75 Å². The van der Waals surface area contributed by atoms with Crippen molar-refractivity contribution < 1.29 is 0 Å². The van der Waals surface area contributed by atoms with Crippen molar-refractivity contribution in [3.8, 4) is 0 Å². The smallest absolute Gasteiger partial charge is 0.0547 e. The Balaban J connectivity index is 1.88. The van der Waals surface area contributed by atoms with Gasteiger partial charge in [-0.15, -0.1) is 0 Å². The quantitative estimate of drug-likeness (QED) is 0.824. The zero-order valence-corrected chi connectivity index (χ0v) is 12.1. The Labute approximate surface area is 114 Å². The van der Waals surface area contributed by atoms with Gasteiger partial charge in [0.25, 0.3) is 0 Å². The minimum absolute atomic E-state index is 0.396. The third-order valence-electron chi connectivity index (χ3n) is 3.28. The highest BCUT2D eigenvalue weighted by Crippen LogP contribution is 2.37. The van der Waals surface area contributed by atoms with Crippen molar-refractivity contribution in [1.82, 2.24) is 4.98 Å². The average molecular weight is 265 g/mol.